The molecule has 7 heteroatoms. The summed E-state index contributed by atoms with van der Waals surface area (Å²) in [7, 11) is 1.92. The van der Waals surface area contributed by atoms with Gasteiger partial charge in [0.15, 0.2) is 11.0 Å². The number of carbonyl (C=O) groups excluding carboxylic acids is 1. The van der Waals surface area contributed by atoms with Crippen molar-refractivity contribution in [1.82, 2.24) is 24.6 Å². The number of aryl methyl sites for hydroxylation is 1. The Kier molecular flexibility index (Phi) is 6.81. The van der Waals surface area contributed by atoms with Crippen LogP contribution < -0.4 is 0 Å². The van der Waals surface area contributed by atoms with E-state index in [1.807, 2.05) is 28.6 Å². The highest BCUT2D eigenvalue weighted by molar-refractivity contribution is 7.99. The lowest BCUT2D eigenvalue weighted by atomic mass is 10.1. The van der Waals surface area contributed by atoms with Crippen molar-refractivity contribution in [3.05, 3.63) is 59.9 Å². The summed E-state index contributed by atoms with van der Waals surface area (Å²) in [5.41, 5.74) is 3.33. The van der Waals surface area contributed by atoms with E-state index in [9.17, 15) is 4.79 Å². The van der Waals surface area contributed by atoms with Crippen molar-refractivity contribution < 1.29 is 4.79 Å². The van der Waals surface area contributed by atoms with Gasteiger partial charge >= 0.3 is 0 Å². The highest BCUT2D eigenvalue weighted by Gasteiger charge is 2.17. The quantitative estimate of drug-likeness (QED) is 0.544. The minimum absolute atomic E-state index is 0.112. The number of nitrogens with zero attached hydrogens (tertiary/aromatic N) is 5. The summed E-state index contributed by atoms with van der Waals surface area (Å²) in [5, 5.41) is 9.24. The Morgan fingerprint density at radius 1 is 1.11 bits per heavy atom. The Labute approximate surface area is 170 Å². The molecule has 0 saturated heterocycles. The standard InChI is InChI=1S/C21H25N5OS/c1-4-13-26(14-17-7-5-16(2)6-8-17)19(27)15-28-21-24-23-20(25(21)3)18-9-11-22-12-10-18/h5-12H,4,13-15H2,1-3H3. The number of carbonyl (C=O) groups is 1. The molecule has 2 heterocycles. The van der Waals surface area contributed by atoms with Gasteiger partial charge in [0.2, 0.25) is 5.91 Å². The zero-order valence-corrected chi connectivity index (χ0v) is 17.3. The van der Waals surface area contributed by atoms with Gasteiger partial charge in [0.25, 0.3) is 0 Å². The summed E-state index contributed by atoms with van der Waals surface area (Å²) in [5.74, 6) is 1.22. The first-order chi connectivity index (χ1) is 13.6. The smallest absolute Gasteiger partial charge is 0.233 e. The number of benzene rings is 1. The van der Waals surface area contributed by atoms with Crippen LogP contribution in [0.3, 0.4) is 0 Å². The minimum atomic E-state index is 0.112. The van der Waals surface area contributed by atoms with Gasteiger partial charge in [-0.15, -0.1) is 10.2 Å². The fraction of sp³-hybridized carbons (Fsp3) is 0.333. The molecular formula is C21H25N5OS. The van der Waals surface area contributed by atoms with E-state index in [4.69, 9.17) is 0 Å². The van der Waals surface area contributed by atoms with E-state index in [0.717, 1.165) is 35.1 Å². The van der Waals surface area contributed by atoms with Crippen LogP contribution >= 0.6 is 11.8 Å². The van der Waals surface area contributed by atoms with Crippen LogP contribution in [0, 0.1) is 6.92 Å². The molecule has 146 valence electrons. The highest BCUT2D eigenvalue weighted by Crippen LogP contribution is 2.22. The van der Waals surface area contributed by atoms with Gasteiger partial charge in [0.1, 0.15) is 0 Å². The van der Waals surface area contributed by atoms with Gasteiger partial charge in [-0.25, -0.2) is 0 Å². The van der Waals surface area contributed by atoms with Gasteiger partial charge < -0.3 is 9.47 Å². The molecule has 28 heavy (non-hydrogen) atoms. The predicted molar refractivity (Wildman–Crippen MR) is 112 cm³/mol. The van der Waals surface area contributed by atoms with E-state index < -0.39 is 0 Å². The van der Waals surface area contributed by atoms with E-state index in [1.54, 1.807) is 12.4 Å². The number of hydrogen-bond donors (Lipinski definition) is 0. The molecule has 0 saturated carbocycles. The molecule has 1 aromatic carbocycles. The first-order valence-electron chi connectivity index (χ1n) is 9.34. The summed E-state index contributed by atoms with van der Waals surface area (Å²) in [6.45, 7) is 5.53. The van der Waals surface area contributed by atoms with E-state index in [1.165, 1.54) is 17.3 Å². The predicted octanol–water partition coefficient (Wildman–Crippen LogP) is 3.72. The summed E-state index contributed by atoms with van der Waals surface area (Å²) >= 11 is 1.42. The molecule has 0 atom stereocenters. The Morgan fingerprint density at radius 2 is 1.82 bits per heavy atom. The number of rotatable bonds is 8. The lowest BCUT2D eigenvalue weighted by Crippen LogP contribution is -2.32. The molecular weight excluding hydrogens is 370 g/mol. The second-order valence-electron chi connectivity index (χ2n) is 6.69. The maximum absolute atomic E-state index is 12.8. The van der Waals surface area contributed by atoms with Crippen molar-refractivity contribution in [2.75, 3.05) is 12.3 Å². The molecule has 0 spiro atoms. The van der Waals surface area contributed by atoms with Gasteiger partial charge in [-0.1, -0.05) is 48.5 Å². The van der Waals surface area contributed by atoms with Crippen LogP contribution in [0.25, 0.3) is 11.4 Å². The Morgan fingerprint density at radius 3 is 2.50 bits per heavy atom. The first-order valence-corrected chi connectivity index (χ1v) is 10.3. The second-order valence-corrected chi connectivity index (χ2v) is 7.63. The maximum atomic E-state index is 12.8. The number of aromatic nitrogens is 4. The number of pyridine rings is 1. The average molecular weight is 396 g/mol. The van der Waals surface area contributed by atoms with Crippen LogP contribution in [0.1, 0.15) is 24.5 Å². The molecule has 3 aromatic rings. The first kappa shape index (κ1) is 20.1. The van der Waals surface area contributed by atoms with Crippen molar-refractivity contribution in [3.63, 3.8) is 0 Å². The number of thioether (sulfide) groups is 1. The van der Waals surface area contributed by atoms with E-state index in [2.05, 4.69) is 53.3 Å². The summed E-state index contributed by atoms with van der Waals surface area (Å²) in [4.78, 5) is 18.7. The van der Waals surface area contributed by atoms with Crippen LogP contribution in [-0.4, -0.2) is 42.9 Å². The monoisotopic (exact) mass is 395 g/mol. The van der Waals surface area contributed by atoms with Crippen LogP contribution in [0.15, 0.2) is 53.9 Å². The minimum Gasteiger partial charge on any atom is -0.338 e. The molecule has 2 aromatic heterocycles. The van der Waals surface area contributed by atoms with Crippen molar-refractivity contribution in [1.29, 1.82) is 0 Å². The second kappa shape index (κ2) is 9.50. The third kappa shape index (κ3) is 4.98. The molecule has 0 fully saturated rings. The van der Waals surface area contributed by atoms with Crippen molar-refractivity contribution in [3.8, 4) is 11.4 Å². The molecule has 0 N–H and O–H groups in total. The zero-order valence-electron chi connectivity index (χ0n) is 16.5. The molecule has 0 unspecified atom stereocenters. The molecule has 0 bridgehead atoms. The van der Waals surface area contributed by atoms with Gasteiger partial charge in [0, 0.05) is 38.1 Å². The van der Waals surface area contributed by atoms with E-state index >= 15 is 0 Å². The molecule has 1 amide bonds. The highest BCUT2D eigenvalue weighted by atomic mass is 32.2. The van der Waals surface area contributed by atoms with Gasteiger partial charge in [0.05, 0.1) is 5.75 Å². The summed E-state index contributed by atoms with van der Waals surface area (Å²) < 4.78 is 1.91. The Bertz CT molecular complexity index is 908. The molecule has 6 nitrogen and oxygen atoms in total. The van der Waals surface area contributed by atoms with Gasteiger partial charge in [-0.05, 0) is 31.0 Å². The molecule has 0 aliphatic heterocycles. The molecule has 0 aliphatic rings. The average Bonchev–Trinajstić information content (AvgIpc) is 3.08. The SMILES string of the molecule is CCCN(Cc1ccc(C)cc1)C(=O)CSc1nnc(-c2ccncc2)n1C. The Balaban J connectivity index is 1.64. The maximum Gasteiger partial charge on any atom is 0.233 e. The number of hydrogen-bond acceptors (Lipinski definition) is 5. The zero-order chi connectivity index (χ0) is 19.9. The van der Waals surface area contributed by atoms with Crippen LogP contribution in [0.5, 0.6) is 0 Å². The van der Waals surface area contributed by atoms with Crippen molar-refractivity contribution >= 4 is 17.7 Å². The fourth-order valence-electron chi connectivity index (χ4n) is 2.89. The molecule has 0 radical (unpaired) electrons. The summed E-state index contributed by atoms with van der Waals surface area (Å²) in [6.07, 6.45) is 4.39. The van der Waals surface area contributed by atoms with E-state index in [0.29, 0.717) is 12.3 Å². The third-order valence-electron chi connectivity index (χ3n) is 4.44. The topological polar surface area (TPSA) is 63.9 Å². The van der Waals surface area contributed by atoms with Gasteiger partial charge in [-0.2, -0.15) is 0 Å². The largest absolute Gasteiger partial charge is 0.338 e. The van der Waals surface area contributed by atoms with Crippen LogP contribution in [-0.2, 0) is 18.4 Å². The van der Waals surface area contributed by atoms with E-state index in [-0.39, 0.29) is 5.91 Å². The fourth-order valence-corrected chi connectivity index (χ4v) is 3.70. The van der Waals surface area contributed by atoms with Crippen LogP contribution in [0.2, 0.25) is 0 Å². The van der Waals surface area contributed by atoms with Crippen molar-refractivity contribution in [2.45, 2.75) is 32.0 Å². The molecule has 0 aliphatic carbocycles. The third-order valence-corrected chi connectivity index (χ3v) is 5.44. The molecule has 3 rings (SSSR count). The summed E-state index contributed by atoms with van der Waals surface area (Å²) in [6, 6.07) is 12.1. The number of amides is 1. The van der Waals surface area contributed by atoms with Crippen LogP contribution in [0.4, 0.5) is 0 Å². The lowest BCUT2D eigenvalue weighted by Gasteiger charge is -2.22. The normalized spacial score (nSPS) is 10.8. The van der Waals surface area contributed by atoms with Crippen molar-refractivity contribution in [2.24, 2.45) is 7.05 Å². The lowest BCUT2D eigenvalue weighted by molar-refractivity contribution is -0.129. The Hall–Kier alpha value is -2.67. The van der Waals surface area contributed by atoms with Gasteiger partial charge in [-0.3, -0.25) is 9.78 Å².